The molecule has 0 aliphatic rings. The first-order chi connectivity index (χ1) is 7.26. The second kappa shape index (κ2) is 6.85. The van der Waals surface area contributed by atoms with E-state index >= 15 is 0 Å². The second-order valence-corrected chi connectivity index (χ2v) is 5.13. The molecule has 0 saturated heterocycles. The molecule has 0 bridgehead atoms. The molecule has 0 unspecified atom stereocenters. The second-order valence-electron chi connectivity index (χ2n) is 3.15. The lowest BCUT2D eigenvalue weighted by atomic mass is 10.3. The van der Waals surface area contributed by atoms with Crippen molar-refractivity contribution in [2.24, 2.45) is 5.10 Å². The molecule has 0 atom stereocenters. The summed E-state index contributed by atoms with van der Waals surface area (Å²) in [7, 11) is 0. The van der Waals surface area contributed by atoms with Crippen LogP contribution in [0.15, 0.2) is 15.5 Å². The smallest absolute Gasteiger partial charge is 0.204 e. The summed E-state index contributed by atoms with van der Waals surface area (Å²) in [5.41, 5.74) is 4.06. The Morgan fingerprint density at radius 2 is 2.40 bits per heavy atom. The molecule has 84 valence electrons. The van der Waals surface area contributed by atoms with Crippen molar-refractivity contribution in [2.45, 2.75) is 38.6 Å². The molecule has 0 radical (unpaired) electrons. The molecule has 0 fully saturated rings. The van der Waals surface area contributed by atoms with E-state index in [0.717, 1.165) is 28.0 Å². The van der Waals surface area contributed by atoms with Crippen molar-refractivity contribution in [3.8, 4) is 0 Å². The summed E-state index contributed by atoms with van der Waals surface area (Å²) in [6.07, 6.45) is 2.15. The van der Waals surface area contributed by atoms with Crippen molar-refractivity contribution >= 4 is 33.9 Å². The van der Waals surface area contributed by atoms with Crippen LogP contribution in [-0.4, -0.2) is 16.4 Å². The van der Waals surface area contributed by atoms with Gasteiger partial charge in [-0.3, -0.25) is 5.43 Å². The van der Waals surface area contributed by atoms with Gasteiger partial charge >= 0.3 is 0 Å². The summed E-state index contributed by atoms with van der Waals surface area (Å²) in [6.45, 7) is 6.27. The molecule has 0 amide bonds. The Morgan fingerprint density at radius 1 is 1.60 bits per heavy atom. The zero-order chi connectivity index (χ0) is 11.1. The summed E-state index contributed by atoms with van der Waals surface area (Å²) < 4.78 is 0. The lowest BCUT2D eigenvalue weighted by molar-refractivity contribution is 1.09. The number of hydrogen-bond donors (Lipinski definition) is 1. The third-order valence-electron chi connectivity index (χ3n) is 1.79. The molecule has 0 aliphatic carbocycles. The molecule has 1 aromatic rings. The Morgan fingerprint density at radius 3 is 3.07 bits per heavy atom. The third-order valence-corrected chi connectivity index (χ3v) is 3.80. The highest BCUT2D eigenvalue weighted by Gasteiger charge is 2.00. The van der Waals surface area contributed by atoms with E-state index in [2.05, 4.69) is 34.7 Å². The summed E-state index contributed by atoms with van der Waals surface area (Å²) in [5.74, 6) is 1.13. The quantitative estimate of drug-likeness (QED) is 0.468. The van der Waals surface area contributed by atoms with Gasteiger partial charge in [0.15, 0.2) is 0 Å². The van der Waals surface area contributed by atoms with E-state index in [0.29, 0.717) is 0 Å². The van der Waals surface area contributed by atoms with Crippen LogP contribution in [0.25, 0.3) is 0 Å². The first kappa shape index (κ1) is 12.5. The van der Waals surface area contributed by atoms with E-state index in [1.54, 1.807) is 23.1 Å². The molecular weight excluding hydrogens is 226 g/mol. The van der Waals surface area contributed by atoms with E-state index in [4.69, 9.17) is 0 Å². The SMILES string of the molecule is CCCSc1csc(N/N=C(\C)CC)n1. The highest BCUT2D eigenvalue weighted by molar-refractivity contribution is 7.99. The van der Waals surface area contributed by atoms with Crippen molar-refractivity contribution in [1.29, 1.82) is 0 Å². The molecule has 0 aromatic carbocycles. The first-order valence-electron chi connectivity index (χ1n) is 5.13. The highest BCUT2D eigenvalue weighted by atomic mass is 32.2. The minimum Gasteiger partial charge on any atom is -0.253 e. The van der Waals surface area contributed by atoms with Crippen molar-refractivity contribution < 1.29 is 0 Å². The lowest BCUT2D eigenvalue weighted by Gasteiger charge is -1.96. The molecule has 3 nitrogen and oxygen atoms in total. The van der Waals surface area contributed by atoms with E-state index < -0.39 is 0 Å². The fourth-order valence-corrected chi connectivity index (χ4v) is 2.36. The standard InChI is InChI=1S/C10H17N3S2/c1-4-6-14-9-7-15-10(11-9)13-12-8(3)5-2/h7H,4-6H2,1-3H3,(H,11,13)/b12-8+. The maximum Gasteiger partial charge on any atom is 0.204 e. The van der Waals surface area contributed by atoms with Crippen molar-refractivity contribution in [3.05, 3.63) is 5.38 Å². The largest absolute Gasteiger partial charge is 0.253 e. The lowest BCUT2D eigenvalue weighted by Crippen LogP contribution is -1.95. The van der Waals surface area contributed by atoms with Gasteiger partial charge in [-0.25, -0.2) is 4.98 Å². The number of nitrogens with one attached hydrogen (secondary N) is 1. The maximum absolute atomic E-state index is 4.42. The van der Waals surface area contributed by atoms with Crippen LogP contribution in [0.2, 0.25) is 0 Å². The van der Waals surface area contributed by atoms with Crippen LogP contribution in [0.1, 0.15) is 33.6 Å². The van der Waals surface area contributed by atoms with Gasteiger partial charge in [0.2, 0.25) is 5.13 Å². The summed E-state index contributed by atoms with van der Waals surface area (Å²) in [5, 5.41) is 8.25. The maximum atomic E-state index is 4.42. The Hall–Kier alpha value is -0.550. The topological polar surface area (TPSA) is 37.3 Å². The number of hydrogen-bond acceptors (Lipinski definition) is 5. The van der Waals surface area contributed by atoms with Crippen LogP contribution >= 0.6 is 23.1 Å². The van der Waals surface area contributed by atoms with Crippen molar-refractivity contribution in [1.82, 2.24) is 4.98 Å². The Balaban J connectivity index is 2.45. The summed E-state index contributed by atoms with van der Waals surface area (Å²) >= 11 is 3.39. The number of anilines is 1. The Bertz CT molecular complexity index is 320. The van der Waals surface area contributed by atoms with Gasteiger partial charge in [-0.05, 0) is 25.5 Å². The number of thiazole rings is 1. The molecule has 1 heterocycles. The molecule has 1 rings (SSSR count). The highest BCUT2D eigenvalue weighted by Crippen LogP contribution is 2.24. The van der Waals surface area contributed by atoms with Crippen LogP contribution in [0, 0.1) is 0 Å². The van der Waals surface area contributed by atoms with Crippen molar-refractivity contribution in [3.63, 3.8) is 0 Å². The van der Waals surface area contributed by atoms with Gasteiger partial charge in [-0.1, -0.05) is 13.8 Å². The predicted molar refractivity (Wildman–Crippen MR) is 70.2 cm³/mol. The zero-order valence-electron chi connectivity index (χ0n) is 9.41. The van der Waals surface area contributed by atoms with Gasteiger partial charge in [-0.2, -0.15) is 5.10 Å². The molecule has 0 saturated carbocycles. The summed E-state index contributed by atoms with van der Waals surface area (Å²) in [6, 6.07) is 0. The van der Waals surface area contributed by atoms with E-state index in [1.165, 1.54) is 6.42 Å². The third kappa shape index (κ3) is 4.66. The first-order valence-corrected chi connectivity index (χ1v) is 7.00. The minimum atomic E-state index is 0.876. The van der Waals surface area contributed by atoms with Gasteiger partial charge < -0.3 is 0 Å². The van der Waals surface area contributed by atoms with Crippen molar-refractivity contribution in [2.75, 3.05) is 11.2 Å². The normalized spacial score (nSPS) is 11.8. The van der Waals surface area contributed by atoms with E-state index in [-0.39, 0.29) is 0 Å². The average Bonchev–Trinajstić information content (AvgIpc) is 2.71. The van der Waals surface area contributed by atoms with Gasteiger partial charge in [0.25, 0.3) is 0 Å². The predicted octanol–water partition coefficient (Wildman–Crippen LogP) is 3.84. The van der Waals surface area contributed by atoms with Gasteiger partial charge in [0, 0.05) is 11.1 Å². The fraction of sp³-hybridized carbons (Fsp3) is 0.600. The van der Waals surface area contributed by atoms with Gasteiger partial charge in [0.1, 0.15) is 5.03 Å². The fourth-order valence-electron chi connectivity index (χ4n) is 0.806. The molecule has 1 N–H and O–H groups in total. The number of nitrogens with zero attached hydrogens (tertiary/aromatic N) is 2. The van der Waals surface area contributed by atoms with Gasteiger partial charge in [-0.15, -0.1) is 23.1 Å². The molecule has 5 heteroatoms. The molecule has 1 aromatic heterocycles. The van der Waals surface area contributed by atoms with E-state index in [1.807, 2.05) is 6.92 Å². The van der Waals surface area contributed by atoms with Gasteiger partial charge in [0.05, 0.1) is 0 Å². The minimum absolute atomic E-state index is 0.876. The number of aromatic nitrogens is 1. The van der Waals surface area contributed by atoms with E-state index in [9.17, 15) is 0 Å². The molecule has 0 spiro atoms. The monoisotopic (exact) mass is 243 g/mol. The van der Waals surface area contributed by atoms with Crippen LogP contribution in [0.5, 0.6) is 0 Å². The molecule has 0 aliphatic heterocycles. The number of rotatable bonds is 6. The number of hydrazone groups is 1. The molecular formula is C10H17N3S2. The zero-order valence-corrected chi connectivity index (χ0v) is 11.0. The Kier molecular flexibility index (Phi) is 5.71. The number of thioether (sulfide) groups is 1. The average molecular weight is 243 g/mol. The van der Waals surface area contributed by atoms with Crippen LogP contribution < -0.4 is 5.43 Å². The van der Waals surface area contributed by atoms with Crippen LogP contribution in [0.3, 0.4) is 0 Å². The Labute approximate surface area is 99.4 Å². The summed E-state index contributed by atoms with van der Waals surface area (Å²) in [4.78, 5) is 4.42. The molecule has 15 heavy (non-hydrogen) atoms. The van der Waals surface area contributed by atoms with Crippen LogP contribution in [-0.2, 0) is 0 Å². The van der Waals surface area contributed by atoms with Crippen LogP contribution in [0.4, 0.5) is 5.13 Å².